The number of hydrogen-bond donors (Lipinski definition) is 1. The minimum Gasteiger partial charge on any atom is -0.481 e. The highest BCUT2D eigenvalue weighted by atomic mass is 32.2. The second kappa shape index (κ2) is 5.84. The molecule has 1 rings (SSSR count). The van der Waals surface area contributed by atoms with Gasteiger partial charge in [-0.3, -0.25) is 4.79 Å². The number of thioether (sulfide) groups is 1. The highest BCUT2D eigenvalue weighted by Gasteiger charge is 2.14. The zero-order valence-electron chi connectivity index (χ0n) is 9.73. The lowest BCUT2D eigenvalue weighted by Crippen LogP contribution is -2.09. The summed E-state index contributed by atoms with van der Waals surface area (Å²) in [6, 6.07) is 1.90. The Balaban J connectivity index is 2.73. The van der Waals surface area contributed by atoms with Crippen LogP contribution in [0.3, 0.4) is 0 Å². The Morgan fingerprint density at radius 3 is 2.44 bits per heavy atom. The van der Waals surface area contributed by atoms with Crippen LogP contribution in [0.2, 0.25) is 0 Å². The summed E-state index contributed by atoms with van der Waals surface area (Å²) in [6.07, 6.45) is 0.949. The molecule has 1 aromatic heterocycles. The molecule has 0 aliphatic rings. The predicted molar refractivity (Wildman–Crippen MR) is 63.7 cm³/mol. The Labute approximate surface area is 99.5 Å². The molecule has 16 heavy (non-hydrogen) atoms. The van der Waals surface area contributed by atoms with E-state index in [0.717, 1.165) is 17.8 Å². The van der Waals surface area contributed by atoms with Crippen molar-refractivity contribution in [1.29, 1.82) is 0 Å². The summed E-state index contributed by atoms with van der Waals surface area (Å²) in [5, 5.41) is 9.46. The first-order valence-corrected chi connectivity index (χ1v) is 6.10. The van der Waals surface area contributed by atoms with E-state index in [9.17, 15) is 4.79 Å². The minimum atomic E-state index is -0.774. The highest BCUT2D eigenvalue weighted by Crippen LogP contribution is 2.24. The maximum atomic E-state index is 10.6. The summed E-state index contributed by atoms with van der Waals surface area (Å²) in [7, 11) is 0. The Morgan fingerprint density at radius 1 is 1.44 bits per heavy atom. The van der Waals surface area contributed by atoms with Crippen molar-refractivity contribution in [2.24, 2.45) is 0 Å². The molecule has 1 N–H and O–H groups in total. The topological polar surface area (TPSA) is 63.1 Å². The number of carboxylic acid groups (broad SMARTS) is 1. The molecule has 5 heteroatoms. The lowest BCUT2D eigenvalue weighted by Gasteiger charge is -2.11. The first-order chi connectivity index (χ1) is 7.51. The molecule has 1 heterocycles. The van der Waals surface area contributed by atoms with E-state index < -0.39 is 5.97 Å². The molecule has 0 aliphatic carbocycles. The molecule has 0 radical (unpaired) electrons. The van der Waals surface area contributed by atoms with Gasteiger partial charge >= 0.3 is 5.97 Å². The van der Waals surface area contributed by atoms with E-state index >= 15 is 0 Å². The number of aliphatic carboxylic acids is 1. The molecule has 0 saturated carbocycles. The van der Waals surface area contributed by atoms with Crippen LogP contribution in [-0.4, -0.2) is 26.3 Å². The fourth-order valence-corrected chi connectivity index (χ4v) is 2.44. The van der Waals surface area contributed by atoms with Crippen molar-refractivity contribution < 1.29 is 9.90 Å². The van der Waals surface area contributed by atoms with Gasteiger partial charge in [-0.2, -0.15) is 0 Å². The summed E-state index contributed by atoms with van der Waals surface area (Å²) in [5.41, 5.74) is 1.83. The Morgan fingerprint density at radius 2 is 2.00 bits per heavy atom. The van der Waals surface area contributed by atoms with Crippen LogP contribution in [-0.2, 0) is 4.79 Å². The molecule has 0 saturated heterocycles. The first-order valence-electron chi connectivity index (χ1n) is 5.22. The smallest absolute Gasteiger partial charge is 0.304 e. The zero-order valence-corrected chi connectivity index (χ0v) is 10.5. The lowest BCUT2D eigenvalue weighted by atomic mass is 10.2. The second-order valence-electron chi connectivity index (χ2n) is 3.68. The summed E-state index contributed by atoms with van der Waals surface area (Å²) >= 11 is 1.44. The van der Waals surface area contributed by atoms with Crippen molar-refractivity contribution in [3.05, 3.63) is 17.5 Å². The maximum Gasteiger partial charge on any atom is 0.304 e. The standard InChI is InChI=1S/C11H16N2O2S/c1-4-9(6-10(14)15)16-11-12-7(2)5-8(3)13-11/h5,9H,4,6H2,1-3H3,(H,14,15). The molecule has 0 fully saturated rings. The maximum absolute atomic E-state index is 10.6. The SMILES string of the molecule is CCC(CC(=O)O)Sc1nc(C)cc(C)n1. The number of aromatic nitrogens is 2. The Bertz CT molecular complexity index is 362. The van der Waals surface area contributed by atoms with Crippen LogP contribution in [0.4, 0.5) is 0 Å². The molecule has 0 aliphatic heterocycles. The molecule has 1 unspecified atom stereocenters. The van der Waals surface area contributed by atoms with E-state index in [4.69, 9.17) is 5.11 Å². The quantitative estimate of drug-likeness (QED) is 0.632. The van der Waals surface area contributed by atoms with Crippen LogP contribution < -0.4 is 0 Å². The third-order valence-electron chi connectivity index (χ3n) is 2.09. The van der Waals surface area contributed by atoms with E-state index in [1.807, 2.05) is 26.8 Å². The summed E-state index contributed by atoms with van der Waals surface area (Å²) in [5.74, 6) is -0.774. The fourth-order valence-electron chi connectivity index (χ4n) is 1.36. The van der Waals surface area contributed by atoms with Crippen LogP contribution in [0.1, 0.15) is 31.2 Å². The van der Waals surface area contributed by atoms with Crippen molar-refractivity contribution in [2.45, 2.75) is 44.0 Å². The molecule has 0 aromatic carbocycles. The normalized spacial score (nSPS) is 12.4. The van der Waals surface area contributed by atoms with Crippen molar-refractivity contribution in [3.8, 4) is 0 Å². The van der Waals surface area contributed by atoms with E-state index in [2.05, 4.69) is 9.97 Å². The molecule has 0 spiro atoms. The molecule has 0 bridgehead atoms. The van der Waals surface area contributed by atoms with E-state index in [1.54, 1.807) is 0 Å². The van der Waals surface area contributed by atoms with Gasteiger partial charge in [0.2, 0.25) is 0 Å². The van der Waals surface area contributed by atoms with Gasteiger partial charge < -0.3 is 5.11 Å². The van der Waals surface area contributed by atoms with Crippen LogP contribution in [0.15, 0.2) is 11.2 Å². The summed E-state index contributed by atoms with van der Waals surface area (Å²) in [6.45, 7) is 5.80. The van der Waals surface area contributed by atoms with Crippen LogP contribution >= 0.6 is 11.8 Å². The third-order valence-corrected chi connectivity index (χ3v) is 3.32. The Kier molecular flexibility index (Phi) is 4.73. The van der Waals surface area contributed by atoms with Crippen molar-refractivity contribution in [1.82, 2.24) is 9.97 Å². The number of aryl methyl sites for hydroxylation is 2. The molecule has 4 nitrogen and oxygen atoms in total. The van der Waals surface area contributed by atoms with Crippen molar-refractivity contribution in [3.63, 3.8) is 0 Å². The number of carbonyl (C=O) groups is 1. The minimum absolute atomic E-state index is 0.0405. The van der Waals surface area contributed by atoms with Gasteiger partial charge in [0.25, 0.3) is 0 Å². The molecule has 1 atom stereocenters. The van der Waals surface area contributed by atoms with Crippen molar-refractivity contribution in [2.75, 3.05) is 0 Å². The van der Waals surface area contributed by atoms with Gasteiger partial charge in [-0.25, -0.2) is 9.97 Å². The zero-order chi connectivity index (χ0) is 12.1. The van der Waals surface area contributed by atoms with Gasteiger partial charge in [0, 0.05) is 16.6 Å². The average Bonchev–Trinajstić information content (AvgIpc) is 2.14. The van der Waals surface area contributed by atoms with Gasteiger partial charge in [-0.1, -0.05) is 18.7 Å². The fraction of sp³-hybridized carbons (Fsp3) is 0.545. The van der Waals surface area contributed by atoms with Crippen LogP contribution in [0, 0.1) is 13.8 Å². The number of carboxylic acids is 1. The number of hydrogen-bond acceptors (Lipinski definition) is 4. The number of rotatable bonds is 5. The first kappa shape index (κ1) is 13.0. The molecule has 1 aromatic rings. The summed E-state index contributed by atoms with van der Waals surface area (Å²) < 4.78 is 0. The molecular weight excluding hydrogens is 224 g/mol. The van der Waals surface area contributed by atoms with Gasteiger partial charge in [-0.15, -0.1) is 0 Å². The summed E-state index contributed by atoms with van der Waals surface area (Å²) in [4.78, 5) is 19.2. The second-order valence-corrected chi connectivity index (χ2v) is 4.95. The predicted octanol–water partition coefficient (Wildman–Crippen LogP) is 2.44. The largest absolute Gasteiger partial charge is 0.481 e. The average molecular weight is 240 g/mol. The monoisotopic (exact) mass is 240 g/mol. The molecular formula is C11H16N2O2S. The van der Waals surface area contributed by atoms with Gasteiger partial charge in [0.15, 0.2) is 5.16 Å². The third kappa shape index (κ3) is 4.18. The van der Waals surface area contributed by atoms with Gasteiger partial charge in [-0.05, 0) is 26.3 Å². The van der Waals surface area contributed by atoms with E-state index in [-0.39, 0.29) is 11.7 Å². The number of nitrogens with zero attached hydrogens (tertiary/aromatic N) is 2. The van der Waals surface area contributed by atoms with Crippen LogP contribution in [0.5, 0.6) is 0 Å². The Hall–Kier alpha value is -1.10. The van der Waals surface area contributed by atoms with E-state index in [1.165, 1.54) is 11.8 Å². The van der Waals surface area contributed by atoms with E-state index in [0.29, 0.717) is 5.16 Å². The van der Waals surface area contributed by atoms with Crippen LogP contribution in [0.25, 0.3) is 0 Å². The molecule has 88 valence electrons. The van der Waals surface area contributed by atoms with Gasteiger partial charge in [0.05, 0.1) is 6.42 Å². The van der Waals surface area contributed by atoms with Crippen molar-refractivity contribution >= 4 is 17.7 Å². The van der Waals surface area contributed by atoms with Gasteiger partial charge in [0.1, 0.15) is 0 Å². The lowest BCUT2D eigenvalue weighted by molar-refractivity contribution is -0.136. The highest BCUT2D eigenvalue weighted by molar-refractivity contribution is 7.99. The molecule has 0 amide bonds.